The number of rotatable bonds is 5. The fourth-order valence-electron chi connectivity index (χ4n) is 4.17. The van der Waals surface area contributed by atoms with E-state index in [9.17, 15) is 14.4 Å². The van der Waals surface area contributed by atoms with Crippen LogP contribution in [-0.4, -0.2) is 49.1 Å². The lowest BCUT2D eigenvalue weighted by Crippen LogP contribution is -2.56. The zero-order valence-corrected chi connectivity index (χ0v) is 25.3. The Hall–Kier alpha value is -2.60. The summed E-state index contributed by atoms with van der Waals surface area (Å²) in [6.07, 6.45) is 0. The quantitative estimate of drug-likeness (QED) is 0.212. The first kappa shape index (κ1) is 28.4. The number of esters is 2. The van der Waals surface area contributed by atoms with Crippen molar-refractivity contribution < 1.29 is 28.6 Å². The summed E-state index contributed by atoms with van der Waals surface area (Å²) in [6, 6.07) is 12.7. The van der Waals surface area contributed by atoms with Crippen molar-refractivity contribution >= 4 is 85.6 Å². The molecule has 0 fully saturated rings. The van der Waals surface area contributed by atoms with Crippen LogP contribution < -0.4 is 9.64 Å². The highest BCUT2D eigenvalue weighted by Crippen LogP contribution is 2.56. The zero-order chi connectivity index (χ0) is 27.8. The molecule has 11 heteroatoms. The fourth-order valence-corrected chi connectivity index (χ4v) is 7.60. The van der Waals surface area contributed by atoms with Gasteiger partial charge in [0, 0.05) is 21.2 Å². The lowest BCUT2D eigenvalue weighted by atomic mass is 9.82. The van der Waals surface area contributed by atoms with Crippen LogP contribution in [0, 0.1) is 0 Å². The maximum atomic E-state index is 13.9. The Labute approximate surface area is 243 Å². The lowest BCUT2D eigenvalue weighted by molar-refractivity contribution is -0.138. The molecule has 0 unspecified atom stereocenters. The molecule has 1 amide bonds. The number of anilines is 1. The minimum absolute atomic E-state index is 0.127. The topological polar surface area (TPSA) is 82.1 Å². The minimum Gasteiger partial charge on any atom is -0.494 e. The van der Waals surface area contributed by atoms with Crippen molar-refractivity contribution in [1.29, 1.82) is 0 Å². The number of fused-ring (bicyclic) bond motifs is 1. The number of hydrogen-bond acceptors (Lipinski definition) is 9. The molecule has 0 bridgehead atoms. The van der Waals surface area contributed by atoms with Crippen LogP contribution in [0.25, 0.3) is 5.57 Å². The van der Waals surface area contributed by atoms with E-state index < -0.39 is 17.5 Å². The zero-order valence-electron chi connectivity index (χ0n) is 21.2. The third-order valence-corrected chi connectivity index (χ3v) is 9.70. The number of hydrogen-bond donors (Lipinski definition) is 0. The molecule has 0 aromatic heterocycles. The monoisotopic (exact) mass is 633 g/mol. The van der Waals surface area contributed by atoms with Crippen LogP contribution in [0.4, 0.5) is 5.69 Å². The predicted octanol–water partition coefficient (Wildman–Crippen LogP) is 6.36. The molecule has 2 aromatic carbocycles. The van der Waals surface area contributed by atoms with E-state index in [1.807, 2.05) is 45.0 Å². The number of amides is 1. The van der Waals surface area contributed by atoms with Gasteiger partial charge in [0.2, 0.25) is 0 Å². The summed E-state index contributed by atoms with van der Waals surface area (Å²) >= 11 is 11.7. The molecule has 2 heterocycles. The maximum Gasteiger partial charge on any atom is 0.346 e. The summed E-state index contributed by atoms with van der Waals surface area (Å²) in [5.41, 5.74) is 1.51. The van der Waals surface area contributed by atoms with E-state index in [0.717, 1.165) is 28.0 Å². The van der Waals surface area contributed by atoms with E-state index >= 15 is 0 Å². The first-order valence-corrected chi connectivity index (χ1v) is 14.3. The average Bonchev–Trinajstić information content (AvgIpc) is 3.33. The number of halogens is 1. The summed E-state index contributed by atoms with van der Waals surface area (Å²) in [5, 5.41) is 0. The third kappa shape index (κ3) is 5.04. The molecule has 0 radical (unpaired) electrons. The number of ether oxygens (including phenoxy) is 3. The SMILES string of the molecule is CCOc1ccc2c(c1)C(=C1SC(C(=O)OC)=C(C(=O)OC)S1)C(=S)C(C)(C)N2C(=O)c1cccc(Br)c1. The lowest BCUT2D eigenvalue weighted by Gasteiger charge is -2.45. The van der Waals surface area contributed by atoms with Gasteiger partial charge in [0.15, 0.2) is 0 Å². The highest BCUT2D eigenvalue weighted by Gasteiger charge is 2.46. The smallest absolute Gasteiger partial charge is 0.346 e. The Balaban J connectivity index is 1.94. The number of thioether (sulfide) groups is 2. The summed E-state index contributed by atoms with van der Waals surface area (Å²) in [4.78, 5) is 41.4. The van der Waals surface area contributed by atoms with Gasteiger partial charge in [-0.05, 0) is 57.2 Å². The molecular formula is C27H24BrNO6S3. The molecule has 7 nitrogen and oxygen atoms in total. The van der Waals surface area contributed by atoms with Crippen molar-refractivity contribution in [1.82, 2.24) is 0 Å². The van der Waals surface area contributed by atoms with Crippen LogP contribution in [0.1, 0.15) is 36.7 Å². The van der Waals surface area contributed by atoms with Crippen LogP contribution in [-0.2, 0) is 19.1 Å². The Morgan fingerprint density at radius 1 is 1.00 bits per heavy atom. The minimum atomic E-state index is -0.933. The predicted molar refractivity (Wildman–Crippen MR) is 158 cm³/mol. The van der Waals surface area contributed by atoms with Crippen LogP contribution in [0.5, 0.6) is 5.75 Å². The average molecular weight is 635 g/mol. The number of carbonyl (C=O) groups excluding carboxylic acids is 3. The van der Waals surface area contributed by atoms with E-state index in [1.54, 1.807) is 23.1 Å². The van der Waals surface area contributed by atoms with E-state index in [4.69, 9.17) is 26.4 Å². The van der Waals surface area contributed by atoms with Crippen LogP contribution in [0.3, 0.4) is 0 Å². The van der Waals surface area contributed by atoms with Crippen molar-refractivity contribution in [3.05, 3.63) is 72.1 Å². The summed E-state index contributed by atoms with van der Waals surface area (Å²) in [6.45, 7) is 6.09. The maximum absolute atomic E-state index is 13.9. The molecule has 2 aliphatic heterocycles. The Morgan fingerprint density at radius 3 is 2.18 bits per heavy atom. The molecule has 0 atom stereocenters. The summed E-state index contributed by atoms with van der Waals surface area (Å²) in [5.74, 6) is -0.906. The van der Waals surface area contributed by atoms with Crippen molar-refractivity contribution in [2.45, 2.75) is 26.3 Å². The van der Waals surface area contributed by atoms with Gasteiger partial charge in [0.1, 0.15) is 15.6 Å². The van der Waals surface area contributed by atoms with E-state index in [0.29, 0.717) is 43.8 Å². The van der Waals surface area contributed by atoms with Crippen molar-refractivity contribution in [3.8, 4) is 5.75 Å². The molecule has 0 N–H and O–H groups in total. The first-order valence-electron chi connectivity index (χ1n) is 11.5. The second-order valence-corrected chi connectivity index (χ2v) is 12.3. The van der Waals surface area contributed by atoms with Gasteiger partial charge in [0.25, 0.3) is 5.91 Å². The molecular weight excluding hydrogens is 610 g/mol. The van der Waals surface area contributed by atoms with Gasteiger partial charge < -0.3 is 14.2 Å². The second kappa shape index (κ2) is 11.3. The molecule has 0 spiro atoms. The Bertz CT molecular complexity index is 1400. The number of thiocarbonyl (C=S) groups is 1. The highest BCUT2D eigenvalue weighted by molar-refractivity contribution is 9.10. The van der Waals surface area contributed by atoms with Gasteiger partial charge >= 0.3 is 11.9 Å². The van der Waals surface area contributed by atoms with Gasteiger partial charge in [-0.25, -0.2) is 9.59 Å². The van der Waals surface area contributed by atoms with Gasteiger partial charge in [-0.2, -0.15) is 0 Å². The van der Waals surface area contributed by atoms with Crippen molar-refractivity contribution in [2.75, 3.05) is 25.7 Å². The van der Waals surface area contributed by atoms with Gasteiger partial charge in [-0.1, -0.05) is 57.7 Å². The molecule has 2 aromatic rings. The molecule has 38 heavy (non-hydrogen) atoms. The van der Waals surface area contributed by atoms with Crippen LogP contribution >= 0.6 is 51.7 Å². The number of carbonyl (C=O) groups is 3. The first-order chi connectivity index (χ1) is 18.0. The molecule has 4 rings (SSSR count). The van der Waals surface area contributed by atoms with Gasteiger partial charge in [0.05, 0.1) is 41.2 Å². The third-order valence-electron chi connectivity index (χ3n) is 5.95. The number of methoxy groups -OCH3 is 2. The molecule has 0 aliphatic carbocycles. The van der Waals surface area contributed by atoms with Gasteiger partial charge in [-0.3, -0.25) is 9.69 Å². The Kier molecular flexibility index (Phi) is 8.41. The number of benzene rings is 2. The number of nitrogens with zero attached hydrogens (tertiary/aromatic N) is 1. The molecule has 198 valence electrons. The van der Waals surface area contributed by atoms with Gasteiger partial charge in [-0.15, -0.1) is 0 Å². The largest absolute Gasteiger partial charge is 0.494 e. The van der Waals surface area contributed by atoms with E-state index in [-0.39, 0.29) is 15.7 Å². The molecule has 2 aliphatic rings. The normalized spacial score (nSPS) is 16.4. The molecule has 0 saturated heterocycles. The second-order valence-electron chi connectivity index (χ2n) is 8.66. The fraction of sp³-hybridized carbons (Fsp3) is 0.259. The van der Waals surface area contributed by atoms with Crippen molar-refractivity contribution in [3.63, 3.8) is 0 Å². The van der Waals surface area contributed by atoms with Crippen molar-refractivity contribution in [2.24, 2.45) is 0 Å². The van der Waals surface area contributed by atoms with E-state index in [1.165, 1.54) is 14.2 Å². The summed E-state index contributed by atoms with van der Waals surface area (Å²) < 4.78 is 17.0. The standard InChI is InChI=1S/C27H24BrNO6S3/c1-6-35-16-10-11-18-17(13-16)19(26-37-20(24(31)33-4)21(38-26)25(32)34-5)22(36)27(2,3)29(18)23(30)14-8-7-9-15(28)12-14/h7-13H,6H2,1-5H3. The summed E-state index contributed by atoms with van der Waals surface area (Å²) in [7, 11) is 2.51. The highest BCUT2D eigenvalue weighted by atomic mass is 79.9. The molecule has 0 saturated carbocycles. The van der Waals surface area contributed by atoms with E-state index in [2.05, 4.69) is 15.9 Å². The van der Waals surface area contributed by atoms with Crippen LogP contribution in [0.15, 0.2) is 61.0 Å². The Morgan fingerprint density at radius 2 is 1.63 bits per heavy atom. The van der Waals surface area contributed by atoms with Crippen LogP contribution in [0.2, 0.25) is 0 Å².